The van der Waals surface area contributed by atoms with E-state index in [1.165, 1.54) is 26.2 Å². The summed E-state index contributed by atoms with van der Waals surface area (Å²) in [6.07, 6.45) is 2.64. The van der Waals surface area contributed by atoms with Gasteiger partial charge >= 0.3 is 0 Å². The molecule has 12 heavy (non-hydrogen) atoms. The van der Waals surface area contributed by atoms with Crippen molar-refractivity contribution in [1.82, 2.24) is 5.06 Å². The van der Waals surface area contributed by atoms with Crippen LogP contribution in [0.25, 0.3) is 0 Å². The predicted octanol–water partition coefficient (Wildman–Crippen LogP) is 0.751. The number of Topliss-reactive ketones (excluding diaryl/α,β-unsaturated/α-hetero) is 1. The Morgan fingerprint density at radius 1 is 1.50 bits per heavy atom. The van der Waals surface area contributed by atoms with Gasteiger partial charge < -0.3 is 16.0 Å². The molecular formula is C8H13N2O2-. The molecule has 0 aromatic carbocycles. The molecule has 0 spiro atoms. The number of hydroxylamine groups is 2. The summed E-state index contributed by atoms with van der Waals surface area (Å²) in [6, 6.07) is 0. The molecule has 0 aromatic heterocycles. The number of ketones is 1. The van der Waals surface area contributed by atoms with Crippen LogP contribution in [0.2, 0.25) is 0 Å². The highest BCUT2D eigenvalue weighted by molar-refractivity contribution is 5.93. The second-order valence-corrected chi connectivity index (χ2v) is 2.42. The Morgan fingerprint density at radius 2 is 2.00 bits per heavy atom. The quantitative estimate of drug-likeness (QED) is 0.384. The standard InChI is InChI=1S/C8H13N2O2/c1-6(7(2)11)8(4-5-9)10(3)12/h4-5H,9H2,1-3H3/q-1/b5-4-,8-6-. The highest BCUT2D eigenvalue weighted by Gasteiger charge is 2.02. The van der Waals surface area contributed by atoms with Gasteiger partial charge in [-0.05, 0) is 33.2 Å². The summed E-state index contributed by atoms with van der Waals surface area (Å²) in [5.41, 5.74) is 5.82. The first-order chi connectivity index (χ1) is 5.50. The van der Waals surface area contributed by atoms with E-state index in [1.807, 2.05) is 0 Å². The molecule has 0 bridgehead atoms. The van der Waals surface area contributed by atoms with Crippen LogP contribution in [0.15, 0.2) is 23.5 Å². The van der Waals surface area contributed by atoms with E-state index in [0.29, 0.717) is 16.3 Å². The summed E-state index contributed by atoms with van der Waals surface area (Å²) in [5, 5.41) is 11.5. The SMILES string of the molecule is CC(=O)/C(C)=C(/C=C\N)N(C)[O-]. The molecule has 0 fully saturated rings. The minimum Gasteiger partial charge on any atom is -0.758 e. The maximum absolute atomic E-state index is 10.9. The number of carbonyl (C=O) groups is 1. The van der Waals surface area contributed by atoms with E-state index in [0.717, 1.165) is 0 Å². The van der Waals surface area contributed by atoms with Crippen LogP contribution in [-0.4, -0.2) is 17.9 Å². The van der Waals surface area contributed by atoms with Gasteiger partial charge in [0.05, 0.1) is 0 Å². The molecule has 0 aromatic rings. The molecule has 0 aliphatic carbocycles. The van der Waals surface area contributed by atoms with Gasteiger partial charge in [0, 0.05) is 11.3 Å². The van der Waals surface area contributed by atoms with Gasteiger partial charge in [-0.3, -0.25) is 4.79 Å². The summed E-state index contributed by atoms with van der Waals surface area (Å²) in [7, 11) is 1.32. The van der Waals surface area contributed by atoms with E-state index in [2.05, 4.69) is 0 Å². The Bertz CT molecular complexity index is 229. The number of carbonyl (C=O) groups excluding carboxylic acids is 1. The van der Waals surface area contributed by atoms with Crippen molar-refractivity contribution in [1.29, 1.82) is 0 Å². The minimum atomic E-state index is -0.134. The van der Waals surface area contributed by atoms with Crippen molar-refractivity contribution >= 4 is 5.78 Å². The lowest BCUT2D eigenvalue weighted by atomic mass is 10.1. The molecule has 0 atom stereocenters. The molecule has 0 aliphatic heterocycles. The minimum absolute atomic E-state index is 0.134. The average molecular weight is 169 g/mol. The number of nitrogens with two attached hydrogens (primary N) is 1. The van der Waals surface area contributed by atoms with Crippen LogP contribution in [0.3, 0.4) is 0 Å². The molecule has 68 valence electrons. The topological polar surface area (TPSA) is 69.4 Å². The fourth-order valence-electron chi connectivity index (χ4n) is 0.738. The normalized spacial score (nSPS) is 13.0. The number of allylic oxidation sites excluding steroid dienone is 2. The van der Waals surface area contributed by atoms with Gasteiger partial charge in [-0.25, -0.2) is 0 Å². The van der Waals surface area contributed by atoms with Crippen molar-refractivity contribution in [2.75, 3.05) is 7.05 Å². The molecular weight excluding hydrogens is 156 g/mol. The third kappa shape index (κ3) is 2.75. The van der Waals surface area contributed by atoms with Crippen molar-refractivity contribution < 1.29 is 4.79 Å². The highest BCUT2D eigenvalue weighted by atomic mass is 16.5. The molecule has 0 saturated carbocycles. The van der Waals surface area contributed by atoms with Gasteiger partial charge in [-0.1, -0.05) is 0 Å². The molecule has 0 amide bonds. The lowest BCUT2D eigenvalue weighted by Gasteiger charge is -2.27. The van der Waals surface area contributed by atoms with Crippen LogP contribution in [0.5, 0.6) is 0 Å². The number of nitrogens with zero attached hydrogens (tertiary/aromatic N) is 1. The lowest BCUT2D eigenvalue weighted by Crippen LogP contribution is -2.12. The zero-order valence-electron chi connectivity index (χ0n) is 7.50. The third-order valence-corrected chi connectivity index (χ3v) is 1.51. The molecule has 0 aliphatic rings. The molecule has 4 heteroatoms. The number of rotatable bonds is 3. The summed E-state index contributed by atoms with van der Waals surface area (Å²) in [5.74, 6) is -0.134. The van der Waals surface area contributed by atoms with E-state index >= 15 is 0 Å². The van der Waals surface area contributed by atoms with Crippen molar-refractivity contribution in [2.24, 2.45) is 5.73 Å². The zero-order chi connectivity index (χ0) is 9.72. The average Bonchev–Trinajstić information content (AvgIpc) is 1.98. The van der Waals surface area contributed by atoms with E-state index in [9.17, 15) is 10.0 Å². The smallest absolute Gasteiger partial charge is 0.157 e. The summed E-state index contributed by atoms with van der Waals surface area (Å²) in [6.45, 7) is 3.00. The third-order valence-electron chi connectivity index (χ3n) is 1.51. The molecule has 0 unspecified atom stereocenters. The van der Waals surface area contributed by atoms with Crippen LogP contribution in [0.1, 0.15) is 13.8 Å². The van der Waals surface area contributed by atoms with E-state index < -0.39 is 0 Å². The van der Waals surface area contributed by atoms with Gasteiger partial charge in [-0.2, -0.15) is 0 Å². The molecule has 4 nitrogen and oxygen atoms in total. The summed E-state index contributed by atoms with van der Waals surface area (Å²) < 4.78 is 0. The summed E-state index contributed by atoms with van der Waals surface area (Å²) in [4.78, 5) is 10.9. The van der Waals surface area contributed by atoms with Crippen LogP contribution >= 0.6 is 0 Å². The highest BCUT2D eigenvalue weighted by Crippen LogP contribution is 2.09. The molecule has 2 N–H and O–H groups in total. The number of hydrogen-bond donors (Lipinski definition) is 1. The second-order valence-electron chi connectivity index (χ2n) is 2.42. The Balaban J connectivity index is 4.93. The number of hydrogen-bond acceptors (Lipinski definition) is 4. The van der Waals surface area contributed by atoms with E-state index in [4.69, 9.17) is 5.73 Å². The largest absolute Gasteiger partial charge is 0.758 e. The van der Waals surface area contributed by atoms with Crippen LogP contribution in [-0.2, 0) is 4.79 Å². The first kappa shape index (κ1) is 10.7. The van der Waals surface area contributed by atoms with Crippen molar-refractivity contribution in [3.05, 3.63) is 28.8 Å². The maximum Gasteiger partial charge on any atom is 0.157 e. The predicted molar refractivity (Wildman–Crippen MR) is 47.8 cm³/mol. The van der Waals surface area contributed by atoms with E-state index in [1.54, 1.807) is 6.92 Å². The van der Waals surface area contributed by atoms with Crippen LogP contribution in [0.4, 0.5) is 0 Å². The maximum atomic E-state index is 10.9. The Morgan fingerprint density at radius 3 is 2.25 bits per heavy atom. The van der Waals surface area contributed by atoms with Crippen molar-refractivity contribution in [2.45, 2.75) is 13.8 Å². The van der Waals surface area contributed by atoms with Crippen LogP contribution < -0.4 is 5.73 Å². The molecule has 0 radical (unpaired) electrons. The molecule has 0 heterocycles. The molecule has 0 saturated heterocycles. The zero-order valence-corrected chi connectivity index (χ0v) is 7.50. The van der Waals surface area contributed by atoms with Crippen molar-refractivity contribution in [3.8, 4) is 0 Å². The summed E-state index contributed by atoms with van der Waals surface area (Å²) >= 11 is 0. The fraction of sp³-hybridized carbons (Fsp3) is 0.375. The Labute approximate surface area is 71.9 Å². The molecule has 0 rings (SSSR count). The fourth-order valence-corrected chi connectivity index (χ4v) is 0.738. The number of likely N-dealkylation sites (N-methyl/N-ethyl adjacent to an activating group) is 1. The van der Waals surface area contributed by atoms with Gasteiger partial charge in [0.25, 0.3) is 0 Å². The van der Waals surface area contributed by atoms with Gasteiger partial charge in [0.1, 0.15) is 0 Å². The lowest BCUT2D eigenvalue weighted by molar-refractivity contribution is -0.113. The van der Waals surface area contributed by atoms with Gasteiger partial charge in [-0.15, -0.1) is 0 Å². The van der Waals surface area contributed by atoms with Gasteiger partial charge in [0.15, 0.2) is 5.78 Å². The second kappa shape index (κ2) is 4.56. The Hall–Kier alpha value is -1.29. The Kier molecular flexibility index (Phi) is 4.07. The monoisotopic (exact) mass is 169 g/mol. The first-order valence-corrected chi connectivity index (χ1v) is 3.51. The first-order valence-electron chi connectivity index (χ1n) is 3.51. The van der Waals surface area contributed by atoms with Crippen LogP contribution in [0, 0.1) is 5.21 Å². The van der Waals surface area contributed by atoms with Gasteiger partial charge in [0.2, 0.25) is 0 Å². The van der Waals surface area contributed by atoms with Crippen molar-refractivity contribution in [3.63, 3.8) is 0 Å². The van der Waals surface area contributed by atoms with E-state index in [-0.39, 0.29) is 5.78 Å².